The number of rotatable bonds is 2. The monoisotopic (exact) mass is 176 g/mol. The average Bonchev–Trinajstić information content (AvgIpc) is 2.81. The van der Waals surface area contributed by atoms with Gasteiger partial charge in [0, 0.05) is 5.92 Å². The van der Waals surface area contributed by atoms with Gasteiger partial charge in [-0.15, -0.1) is 0 Å². The Bertz CT molecular complexity index is 331. The fourth-order valence-corrected chi connectivity index (χ4v) is 1.77. The second kappa shape index (κ2) is 2.59. The third-order valence-electron chi connectivity index (χ3n) is 2.93. The van der Waals surface area contributed by atoms with Crippen molar-refractivity contribution in [3.63, 3.8) is 0 Å². The van der Waals surface area contributed by atoms with E-state index in [9.17, 15) is 4.79 Å². The highest BCUT2D eigenvalue weighted by atomic mass is 16.4. The Morgan fingerprint density at radius 1 is 1.46 bits per heavy atom. The van der Waals surface area contributed by atoms with E-state index >= 15 is 0 Å². The number of hydrogen-bond donors (Lipinski definition) is 1. The van der Waals surface area contributed by atoms with Crippen molar-refractivity contribution in [1.82, 2.24) is 0 Å². The summed E-state index contributed by atoms with van der Waals surface area (Å²) in [7, 11) is 0. The SMILES string of the molecule is C[C@@]1(C(=O)O)C[C@H]1c1ccccc1. The Balaban J connectivity index is 2.21. The zero-order valence-electron chi connectivity index (χ0n) is 7.53. The van der Waals surface area contributed by atoms with E-state index in [0.717, 1.165) is 12.0 Å². The summed E-state index contributed by atoms with van der Waals surface area (Å²) in [4.78, 5) is 10.9. The quantitative estimate of drug-likeness (QED) is 0.750. The molecule has 0 amide bonds. The molecule has 2 atom stereocenters. The first-order chi connectivity index (χ1) is 6.14. The third-order valence-corrected chi connectivity index (χ3v) is 2.93. The molecule has 0 heterocycles. The second-order valence-electron chi connectivity index (χ2n) is 3.89. The number of benzene rings is 1. The van der Waals surface area contributed by atoms with Crippen molar-refractivity contribution in [3.05, 3.63) is 35.9 Å². The van der Waals surface area contributed by atoms with Gasteiger partial charge in [-0.25, -0.2) is 0 Å². The highest BCUT2D eigenvalue weighted by Gasteiger charge is 2.56. The Labute approximate surface area is 77.2 Å². The van der Waals surface area contributed by atoms with E-state index in [1.54, 1.807) is 0 Å². The first-order valence-corrected chi connectivity index (χ1v) is 4.43. The van der Waals surface area contributed by atoms with Crippen molar-refractivity contribution in [2.24, 2.45) is 5.41 Å². The van der Waals surface area contributed by atoms with Crippen LogP contribution in [-0.2, 0) is 4.79 Å². The van der Waals surface area contributed by atoms with E-state index in [-0.39, 0.29) is 5.92 Å². The van der Waals surface area contributed by atoms with Crippen LogP contribution in [0, 0.1) is 5.41 Å². The van der Waals surface area contributed by atoms with Crippen LogP contribution >= 0.6 is 0 Å². The summed E-state index contributed by atoms with van der Waals surface area (Å²) in [5.74, 6) is -0.465. The van der Waals surface area contributed by atoms with Crippen molar-refractivity contribution in [2.45, 2.75) is 19.3 Å². The molecule has 68 valence electrons. The van der Waals surface area contributed by atoms with E-state index in [0.29, 0.717) is 0 Å². The first-order valence-electron chi connectivity index (χ1n) is 4.43. The predicted molar refractivity (Wildman–Crippen MR) is 49.5 cm³/mol. The lowest BCUT2D eigenvalue weighted by molar-refractivity contribution is -0.142. The van der Waals surface area contributed by atoms with Crippen LogP contribution in [0.1, 0.15) is 24.8 Å². The van der Waals surface area contributed by atoms with Crippen LogP contribution in [0.15, 0.2) is 30.3 Å². The molecule has 1 aromatic rings. The molecule has 0 spiro atoms. The van der Waals surface area contributed by atoms with Gasteiger partial charge in [-0.1, -0.05) is 30.3 Å². The Morgan fingerprint density at radius 2 is 2.08 bits per heavy atom. The van der Waals surface area contributed by atoms with Crippen molar-refractivity contribution < 1.29 is 9.90 Å². The van der Waals surface area contributed by atoms with E-state index in [1.165, 1.54) is 0 Å². The van der Waals surface area contributed by atoms with E-state index in [2.05, 4.69) is 0 Å². The van der Waals surface area contributed by atoms with Gasteiger partial charge in [-0.3, -0.25) is 4.79 Å². The fourth-order valence-electron chi connectivity index (χ4n) is 1.77. The minimum atomic E-state index is -0.679. The number of carboxylic acid groups (broad SMARTS) is 1. The van der Waals surface area contributed by atoms with E-state index < -0.39 is 11.4 Å². The molecular formula is C11H12O2. The molecule has 0 aromatic heterocycles. The standard InChI is InChI=1S/C11H12O2/c1-11(10(12)13)7-9(11)8-5-3-2-4-6-8/h2-6,9H,7H2,1H3,(H,12,13)/t9-,11+/m0/s1. The molecule has 0 unspecified atom stereocenters. The molecule has 1 aromatic carbocycles. The van der Waals surface area contributed by atoms with Crippen LogP contribution in [0.4, 0.5) is 0 Å². The predicted octanol–water partition coefficient (Wildman–Crippen LogP) is 2.26. The molecule has 1 aliphatic rings. The van der Waals surface area contributed by atoms with Crippen LogP contribution in [0.5, 0.6) is 0 Å². The lowest BCUT2D eigenvalue weighted by Gasteiger charge is -2.04. The van der Waals surface area contributed by atoms with Crippen molar-refractivity contribution in [3.8, 4) is 0 Å². The number of aliphatic carboxylic acids is 1. The van der Waals surface area contributed by atoms with Crippen LogP contribution < -0.4 is 0 Å². The van der Waals surface area contributed by atoms with Crippen LogP contribution in [0.25, 0.3) is 0 Å². The molecule has 2 nitrogen and oxygen atoms in total. The van der Waals surface area contributed by atoms with Gasteiger partial charge in [-0.2, -0.15) is 0 Å². The van der Waals surface area contributed by atoms with Gasteiger partial charge in [0.2, 0.25) is 0 Å². The first kappa shape index (κ1) is 8.30. The van der Waals surface area contributed by atoms with Crippen LogP contribution in [0.3, 0.4) is 0 Å². The lowest BCUT2D eigenvalue weighted by Crippen LogP contribution is -2.12. The fraction of sp³-hybridized carbons (Fsp3) is 0.364. The molecule has 2 rings (SSSR count). The second-order valence-corrected chi connectivity index (χ2v) is 3.89. The molecule has 1 fully saturated rings. The maximum Gasteiger partial charge on any atom is 0.309 e. The molecule has 0 aliphatic heterocycles. The smallest absolute Gasteiger partial charge is 0.309 e. The minimum Gasteiger partial charge on any atom is -0.481 e. The molecular weight excluding hydrogens is 164 g/mol. The molecule has 2 heteroatoms. The largest absolute Gasteiger partial charge is 0.481 e. The molecule has 13 heavy (non-hydrogen) atoms. The third kappa shape index (κ3) is 1.22. The molecule has 1 aliphatic carbocycles. The van der Waals surface area contributed by atoms with E-state index in [1.807, 2.05) is 37.3 Å². The Hall–Kier alpha value is -1.31. The summed E-state index contributed by atoms with van der Waals surface area (Å²) in [6.07, 6.45) is 0.770. The molecule has 1 saturated carbocycles. The minimum absolute atomic E-state index is 0.214. The topological polar surface area (TPSA) is 37.3 Å². The summed E-state index contributed by atoms with van der Waals surface area (Å²) in [6.45, 7) is 1.81. The zero-order chi connectivity index (χ0) is 9.47. The van der Waals surface area contributed by atoms with Gasteiger partial charge < -0.3 is 5.11 Å². The maximum absolute atomic E-state index is 10.9. The Morgan fingerprint density at radius 3 is 2.54 bits per heavy atom. The highest BCUT2D eigenvalue weighted by molar-refractivity contribution is 5.79. The van der Waals surface area contributed by atoms with Gasteiger partial charge in [0.15, 0.2) is 0 Å². The van der Waals surface area contributed by atoms with Gasteiger partial charge in [0.25, 0.3) is 0 Å². The van der Waals surface area contributed by atoms with Gasteiger partial charge in [0.05, 0.1) is 5.41 Å². The molecule has 1 N–H and O–H groups in total. The maximum atomic E-state index is 10.9. The summed E-state index contributed by atoms with van der Waals surface area (Å²) in [6, 6.07) is 9.85. The molecule has 0 bridgehead atoms. The van der Waals surface area contributed by atoms with Crippen LogP contribution in [-0.4, -0.2) is 11.1 Å². The van der Waals surface area contributed by atoms with E-state index in [4.69, 9.17) is 5.11 Å². The molecule has 0 radical (unpaired) electrons. The molecule has 0 saturated heterocycles. The van der Waals surface area contributed by atoms with Gasteiger partial charge >= 0.3 is 5.97 Å². The summed E-state index contributed by atoms with van der Waals surface area (Å²) in [5, 5.41) is 8.94. The lowest BCUT2D eigenvalue weighted by atomic mass is 10.0. The Kier molecular flexibility index (Phi) is 1.65. The van der Waals surface area contributed by atoms with Gasteiger partial charge in [-0.05, 0) is 18.9 Å². The highest BCUT2D eigenvalue weighted by Crippen LogP contribution is 2.58. The summed E-state index contributed by atoms with van der Waals surface area (Å²) in [5.41, 5.74) is 0.633. The van der Waals surface area contributed by atoms with Crippen molar-refractivity contribution in [2.75, 3.05) is 0 Å². The average molecular weight is 176 g/mol. The van der Waals surface area contributed by atoms with Crippen molar-refractivity contribution >= 4 is 5.97 Å². The number of hydrogen-bond acceptors (Lipinski definition) is 1. The number of carboxylic acids is 1. The number of carbonyl (C=O) groups is 1. The summed E-state index contributed by atoms with van der Waals surface area (Å²) < 4.78 is 0. The zero-order valence-corrected chi connectivity index (χ0v) is 7.53. The summed E-state index contributed by atoms with van der Waals surface area (Å²) >= 11 is 0. The van der Waals surface area contributed by atoms with Crippen LogP contribution in [0.2, 0.25) is 0 Å². The van der Waals surface area contributed by atoms with Crippen molar-refractivity contribution in [1.29, 1.82) is 0 Å². The normalized spacial score (nSPS) is 31.3. The van der Waals surface area contributed by atoms with Gasteiger partial charge in [0.1, 0.15) is 0 Å².